The van der Waals surface area contributed by atoms with Crippen LogP contribution in [0.15, 0.2) is 0 Å². The van der Waals surface area contributed by atoms with E-state index in [4.69, 9.17) is 4.43 Å². The molecule has 3 heteroatoms. The van der Waals surface area contributed by atoms with Crippen LogP contribution >= 0.6 is 12.6 Å². The zero-order chi connectivity index (χ0) is 12.3. The third kappa shape index (κ3) is 11.0. The molecule has 0 rings (SSSR count). The molecule has 0 spiro atoms. The van der Waals surface area contributed by atoms with E-state index in [1.807, 2.05) is 7.11 Å². The number of hydrogen-bond acceptors (Lipinski definition) is 2. The molecule has 0 aromatic carbocycles. The third-order valence-corrected chi connectivity index (χ3v) is 6.22. The summed E-state index contributed by atoms with van der Waals surface area (Å²) >= 11 is 4.22. The fourth-order valence-corrected chi connectivity index (χ4v) is 3.35. The van der Waals surface area contributed by atoms with Crippen molar-refractivity contribution >= 4 is 20.9 Å². The molecule has 0 saturated heterocycles. The van der Waals surface area contributed by atoms with E-state index in [0.717, 1.165) is 5.75 Å². The fourth-order valence-electron chi connectivity index (χ4n) is 1.83. The average Bonchev–Trinajstić information content (AvgIpc) is 2.27. The lowest BCUT2D eigenvalue weighted by Crippen LogP contribution is -2.27. The Bertz CT molecular complexity index is 151. The maximum absolute atomic E-state index is 5.54. The molecule has 0 aliphatic carbocycles. The minimum atomic E-state index is -1.27. The number of unbranched alkanes of at least 4 members (excludes halogenated alkanes) is 7. The lowest BCUT2D eigenvalue weighted by molar-refractivity contribution is 0.400. The molecule has 0 heterocycles. The largest absolute Gasteiger partial charge is 0.420 e. The molecule has 1 nitrogen and oxygen atoms in total. The van der Waals surface area contributed by atoms with E-state index in [-0.39, 0.29) is 0 Å². The van der Waals surface area contributed by atoms with Gasteiger partial charge in [-0.3, -0.25) is 0 Å². The van der Waals surface area contributed by atoms with Gasteiger partial charge in [0.25, 0.3) is 0 Å². The van der Waals surface area contributed by atoms with Crippen molar-refractivity contribution in [1.82, 2.24) is 0 Å². The van der Waals surface area contributed by atoms with Crippen molar-refractivity contribution in [3.8, 4) is 0 Å². The Morgan fingerprint density at radius 3 is 1.69 bits per heavy atom. The zero-order valence-electron chi connectivity index (χ0n) is 11.4. The molecular formula is C13H30OSSi. The summed E-state index contributed by atoms with van der Waals surface area (Å²) in [4.78, 5) is 0. The molecular weight excluding hydrogens is 232 g/mol. The summed E-state index contributed by atoms with van der Waals surface area (Å²) < 4.78 is 5.54. The van der Waals surface area contributed by atoms with Crippen LogP contribution in [0.2, 0.25) is 19.1 Å². The van der Waals surface area contributed by atoms with Crippen molar-refractivity contribution in [2.75, 3.05) is 12.9 Å². The first kappa shape index (κ1) is 16.5. The highest BCUT2D eigenvalue weighted by atomic mass is 32.1. The molecule has 0 bridgehead atoms. The van der Waals surface area contributed by atoms with Gasteiger partial charge in [0, 0.05) is 7.11 Å². The Labute approximate surface area is 109 Å². The molecule has 0 aromatic heterocycles. The van der Waals surface area contributed by atoms with E-state index in [1.54, 1.807) is 0 Å². The molecule has 98 valence electrons. The molecule has 16 heavy (non-hydrogen) atoms. The van der Waals surface area contributed by atoms with Crippen molar-refractivity contribution in [3.63, 3.8) is 0 Å². The normalized spacial score (nSPS) is 12.0. The summed E-state index contributed by atoms with van der Waals surface area (Å²) in [5.74, 6) is 1.05. The predicted molar refractivity (Wildman–Crippen MR) is 80.1 cm³/mol. The second kappa shape index (κ2) is 10.7. The molecule has 0 aromatic rings. The van der Waals surface area contributed by atoms with Crippen LogP contribution in [0, 0.1) is 0 Å². The number of rotatable bonds is 11. The van der Waals surface area contributed by atoms with Gasteiger partial charge in [-0.1, -0.05) is 44.9 Å². The van der Waals surface area contributed by atoms with Crippen molar-refractivity contribution in [1.29, 1.82) is 0 Å². The average molecular weight is 263 g/mol. The number of thiol groups is 1. The van der Waals surface area contributed by atoms with E-state index >= 15 is 0 Å². The predicted octanol–water partition coefficient (Wildman–Crippen LogP) is 4.89. The lowest BCUT2D eigenvalue weighted by Gasteiger charge is -2.19. The van der Waals surface area contributed by atoms with E-state index in [2.05, 4.69) is 25.7 Å². The Morgan fingerprint density at radius 1 is 0.812 bits per heavy atom. The molecule has 0 aliphatic heterocycles. The van der Waals surface area contributed by atoms with Crippen LogP contribution in [0.5, 0.6) is 0 Å². The van der Waals surface area contributed by atoms with Crippen LogP contribution in [0.25, 0.3) is 0 Å². The molecule has 0 radical (unpaired) electrons. The van der Waals surface area contributed by atoms with Crippen LogP contribution in [-0.2, 0) is 4.43 Å². The monoisotopic (exact) mass is 262 g/mol. The highest BCUT2D eigenvalue weighted by molar-refractivity contribution is 7.80. The smallest absolute Gasteiger partial charge is 0.186 e. The third-order valence-electron chi connectivity index (χ3n) is 3.24. The van der Waals surface area contributed by atoms with Gasteiger partial charge < -0.3 is 4.43 Å². The molecule has 0 N–H and O–H groups in total. The lowest BCUT2D eigenvalue weighted by atomic mass is 10.1. The molecule has 0 atom stereocenters. The van der Waals surface area contributed by atoms with Gasteiger partial charge in [0.1, 0.15) is 0 Å². The van der Waals surface area contributed by atoms with Crippen LogP contribution < -0.4 is 0 Å². The summed E-state index contributed by atoms with van der Waals surface area (Å²) in [6.07, 6.45) is 11.1. The maximum Gasteiger partial charge on any atom is 0.186 e. The van der Waals surface area contributed by atoms with Crippen LogP contribution in [0.1, 0.15) is 51.4 Å². The quantitative estimate of drug-likeness (QED) is 0.317. The van der Waals surface area contributed by atoms with Gasteiger partial charge in [-0.15, -0.1) is 0 Å². The van der Waals surface area contributed by atoms with Gasteiger partial charge in [-0.2, -0.15) is 12.6 Å². The Balaban J connectivity index is 3.10. The zero-order valence-corrected chi connectivity index (χ0v) is 13.3. The van der Waals surface area contributed by atoms with Crippen molar-refractivity contribution in [2.24, 2.45) is 0 Å². The first-order valence-corrected chi connectivity index (χ1v) is 10.5. The van der Waals surface area contributed by atoms with Crippen LogP contribution in [0.3, 0.4) is 0 Å². The fraction of sp³-hybridized carbons (Fsp3) is 1.00. The van der Waals surface area contributed by atoms with Gasteiger partial charge >= 0.3 is 0 Å². The second-order valence-corrected chi connectivity index (χ2v) is 10.1. The van der Waals surface area contributed by atoms with Gasteiger partial charge in [0.15, 0.2) is 8.32 Å². The molecule has 0 unspecified atom stereocenters. The highest BCUT2D eigenvalue weighted by Crippen LogP contribution is 2.16. The van der Waals surface area contributed by atoms with Gasteiger partial charge in [-0.05, 0) is 31.3 Å². The van der Waals surface area contributed by atoms with E-state index in [0.29, 0.717) is 0 Å². The SMILES string of the molecule is CO[Si](C)(C)CCCCCCCCCCS. The van der Waals surface area contributed by atoms with Crippen LogP contribution in [-0.4, -0.2) is 21.2 Å². The van der Waals surface area contributed by atoms with Crippen LogP contribution in [0.4, 0.5) is 0 Å². The standard InChI is InChI=1S/C13H30OSSi/c1-14-16(2,3)13-11-9-7-5-4-6-8-10-12-15/h15H,4-13H2,1-3H3. The Kier molecular flexibility index (Phi) is 11.0. The van der Waals surface area contributed by atoms with E-state index < -0.39 is 8.32 Å². The van der Waals surface area contributed by atoms with Gasteiger partial charge in [0.2, 0.25) is 0 Å². The minimum absolute atomic E-state index is 1.05. The molecule has 0 fully saturated rings. The van der Waals surface area contributed by atoms with E-state index in [1.165, 1.54) is 57.4 Å². The second-order valence-electron chi connectivity index (χ2n) is 5.27. The molecule has 0 amide bonds. The highest BCUT2D eigenvalue weighted by Gasteiger charge is 2.18. The first-order valence-electron chi connectivity index (χ1n) is 6.78. The molecule has 0 saturated carbocycles. The van der Waals surface area contributed by atoms with Crippen molar-refractivity contribution in [2.45, 2.75) is 70.5 Å². The topological polar surface area (TPSA) is 9.23 Å². The summed E-state index contributed by atoms with van der Waals surface area (Å²) in [6, 6.07) is 1.32. The minimum Gasteiger partial charge on any atom is -0.420 e. The van der Waals surface area contributed by atoms with E-state index in [9.17, 15) is 0 Å². The maximum atomic E-state index is 5.54. The first-order chi connectivity index (χ1) is 7.62. The summed E-state index contributed by atoms with van der Waals surface area (Å²) in [5, 5.41) is 0. The number of hydrogen-bond donors (Lipinski definition) is 1. The summed E-state index contributed by atoms with van der Waals surface area (Å²) in [6.45, 7) is 4.62. The van der Waals surface area contributed by atoms with Crippen molar-refractivity contribution < 1.29 is 4.43 Å². The van der Waals surface area contributed by atoms with Gasteiger partial charge in [0.05, 0.1) is 0 Å². The summed E-state index contributed by atoms with van der Waals surface area (Å²) in [7, 11) is 0.597. The van der Waals surface area contributed by atoms with Gasteiger partial charge in [-0.25, -0.2) is 0 Å². The summed E-state index contributed by atoms with van der Waals surface area (Å²) in [5.41, 5.74) is 0. The van der Waals surface area contributed by atoms with Crippen molar-refractivity contribution in [3.05, 3.63) is 0 Å². The Morgan fingerprint density at radius 2 is 1.25 bits per heavy atom. The Hall–Kier alpha value is 0.527. The molecule has 0 aliphatic rings.